The van der Waals surface area contributed by atoms with E-state index in [9.17, 15) is 4.79 Å². The molecule has 1 unspecified atom stereocenters. The lowest BCUT2D eigenvalue weighted by Gasteiger charge is -2.19. The number of benzene rings is 1. The van der Waals surface area contributed by atoms with Crippen molar-refractivity contribution in [2.45, 2.75) is 25.3 Å². The fourth-order valence-electron chi connectivity index (χ4n) is 2.44. The Morgan fingerprint density at radius 2 is 2.35 bits per heavy atom. The number of hydrogen-bond donors (Lipinski definition) is 2. The molecule has 3 N–H and O–H groups in total. The third kappa shape index (κ3) is 5.03. The van der Waals surface area contributed by atoms with E-state index in [-0.39, 0.29) is 5.91 Å². The van der Waals surface area contributed by atoms with Crippen LogP contribution in [0.1, 0.15) is 24.8 Å². The molecule has 0 saturated carbocycles. The molecule has 1 aromatic carbocycles. The number of halogens is 1. The van der Waals surface area contributed by atoms with Gasteiger partial charge in [-0.1, -0.05) is 17.7 Å². The molecule has 124 valence electrons. The highest BCUT2D eigenvalue weighted by Gasteiger charge is 2.23. The molecule has 1 saturated heterocycles. The standard InChI is InChI=1S/C16H21ClN4OS/c17-13-4-3-6-15(12(13)10-18)20-7-2-1-5-14(19)16(22)21-8-9-23-11-21/h3-4,6,14,20H,1-2,5,7-9,11,19H2. The van der Waals surface area contributed by atoms with Gasteiger partial charge in [0.15, 0.2) is 0 Å². The molecule has 1 heterocycles. The predicted molar refractivity (Wildman–Crippen MR) is 95.5 cm³/mol. The van der Waals surface area contributed by atoms with Crippen LogP contribution in [0.25, 0.3) is 0 Å². The van der Waals surface area contributed by atoms with Gasteiger partial charge in [-0.2, -0.15) is 5.26 Å². The Morgan fingerprint density at radius 1 is 1.52 bits per heavy atom. The van der Waals surface area contributed by atoms with E-state index >= 15 is 0 Å². The lowest BCUT2D eigenvalue weighted by Crippen LogP contribution is -2.42. The molecule has 23 heavy (non-hydrogen) atoms. The third-order valence-corrected chi connectivity index (χ3v) is 5.04. The Labute approximate surface area is 146 Å². The average Bonchev–Trinajstić information content (AvgIpc) is 3.08. The second kappa shape index (κ2) is 9.02. The van der Waals surface area contributed by atoms with E-state index in [1.54, 1.807) is 17.8 Å². The quantitative estimate of drug-likeness (QED) is 0.737. The molecule has 1 aliphatic heterocycles. The first-order chi connectivity index (χ1) is 11.1. The van der Waals surface area contributed by atoms with Crippen molar-refractivity contribution in [1.82, 2.24) is 4.90 Å². The van der Waals surface area contributed by atoms with Crippen LogP contribution in [-0.2, 0) is 4.79 Å². The van der Waals surface area contributed by atoms with Crippen LogP contribution in [0.2, 0.25) is 5.02 Å². The second-order valence-corrected chi connectivity index (χ2v) is 6.92. The summed E-state index contributed by atoms with van der Waals surface area (Å²) in [4.78, 5) is 13.9. The zero-order valence-corrected chi connectivity index (χ0v) is 14.5. The minimum atomic E-state index is -0.408. The summed E-state index contributed by atoms with van der Waals surface area (Å²) >= 11 is 7.75. The Bertz CT molecular complexity index is 584. The molecule has 0 aromatic heterocycles. The van der Waals surface area contributed by atoms with E-state index in [1.807, 2.05) is 17.0 Å². The smallest absolute Gasteiger partial charge is 0.240 e. The summed E-state index contributed by atoms with van der Waals surface area (Å²) in [6.45, 7) is 1.53. The molecule has 0 aliphatic carbocycles. The summed E-state index contributed by atoms with van der Waals surface area (Å²) < 4.78 is 0. The molecule has 1 aliphatic rings. The highest BCUT2D eigenvalue weighted by Crippen LogP contribution is 2.23. The molecule has 1 amide bonds. The number of unbranched alkanes of at least 4 members (excludes halogenated alkanes) is 1. The van der Waals surface area contributed by atoms with Gasteiger partial charge in [-0.15, -0.1) is 11.8 Å². The number of rotatable bonds is 7. The Hall–Kier alpha value is -1.42. The third-order valence-electron chi connectivity index (χ3n) is 3.76. The van der Waals surface area contributed by atoms with Gasteiger partial charge in [0.1, 0.15) is 6.07 Å². The van der Waals surface area contributed by atoms with Crippen LogP contribution in [0.15, 0.2) is 18.2 Å². The summed E-state index contributed by atoms with van der Waals surface area (Å²) in [6, 6.07) is 7.05. The van der Waals surface area contributed by atoms with Crippen LogP contribution in [-0.4, -0.2) is 41.6 Å². The summed E-state index contributed by atoms with van der Waals surface area (Å²) in [5, 5.41) is 12.8. The van der Waals surface area contributed by atoms with Gasteiger partial charge in [0, 0.05) is 18.8 Å². The number of nitrogens with one attached hydrogen (secondary N) is 1. The van der Waals surface area contributed by atoms with Crippen LogP contribution in [0.4, 0.5) is 5.69 Å². The topological polar surface area (TPSA) is 82.1 Å². The van der Waals surface area contributed by atoms with Gasteiger partial charge in [-0.25, -0.2) is 0 Å². The van der Waals surface area contributed by atoms with Gasteiger partial charge < -0.3 is 16.0 Å². The van der Waals surface area contributed by atoms with Crippen LogP contribution in [0.5, 0.6) is 0 Å². The molecule has 1 aromatic rings. The van der Waals surface area contributed by atoms with E-state index in [1.165, 1.54) is 0 Å². The molecule has 7 heteroatoms. The van der Waals surface area contributed by atoms with Crippen LogP contribution in [0.3, 0.4) is 0 Å². The highest BCUT2D eigenvalue weighted by atomic mass is 35.5. The number of nitrogens with two attached hydrogens (primary N) is 1. The fourth-order valence-corrected chi connectivity index (χ4v) is 3.62. The number of thioether (sulfide) groups is 1. The van der Waals surface area contributed by atoms with Crippen LogP contribution in [0, 0.1) is 11.3 Å². The number of nitrogens with zero attached hydrogens (tertiary/aromatic N) is 2. The Morgan fingerprint density at radius 3 is 3.04 bits per heavy atom. The SMILES string of the molecule is N#Cc1c(Cl)cccc1NCCCCC(N)C(=O)N1CCSC1. The zero-order chi connectivity index (χ0) is 16.7. The van der Waals surface area contributed by atoms with Gasteiger partial charge in [0.2, 0.25) is 5.91 Å². The minimum absolute atomic E-state index is 0.0598. The van der Waals surface area contributed by atoms with Crippen molar-refractivity contribution in [1.29, 1.82) is 5.26 Å². The van der Waals surface area contributed by atoms with Crippen molar-refractivity contribution in [3.63, 3.8) is 0 Å². The number of carbonyl (C=O) groups excluding carboxylic acids is 1. The Balaban J connectivity index is 1.69. The first kappa shape index (κ1) is 17.9. The molecule has 0 spiro atoms. The molecular weight excluding hydrogens is 332 g/mol. The Kier molecular flexibility index (Phi) is 7.03. The maximum absolute atomic E-state index is 12.1. The molecule has 0 radical (unpaired) electrons. The van der Waals surface area contributed by atoms with Crippen molar-refractivity contribution < 1.29 is 4.79 Å². The molecule has 2 rings (SSSR count). The van der Waals surface area contributed by atoms with Crippen molar-refractivity contribution >= 4 is 35.0 Å². The molecule has 1 fully saturated rings. The minimum Gasteiger partial charge on any atom is -0.384 e. The predicted octanol–water partition coefficient (Wildman–Crippen LogP) is 2.65. The summed E-state index contributed by atoms with van der Waals surface area (Å²) in [5.41, 5.74) is 7.18. The largest absolute Gasteiger partial charge is 0.384 e. The van der Waals surface area contributed by atoms with E-state index in [0.717, 1.165) is 43.2 Å². The molecular formula is C16H21ClN4OS. The van der Waals surface area contributed by atoms with Crippen LogP contribution < -0.4 is 11.1 Å². The number of hydrogen-bond acceptors (Lipinski definition) is 5. The van der Waals surface area contributed by atoms with E-state index in [0.29, 0.717) is 17.0 Å². The highest BCUT2D eigenvalue weighted by molar-refractivity contribution is 7.99. The van der Waals surface area contributed by atoms with Gasteiger partial charge in [-0.05, 0) is 31.4 Å². The molecule has 1 atom stereocenters. The van der Waals surface area contributed by atoms with Gasteiger partial charge in [0.05, 0.1) is 28.2 Å². The number of amides is 1. The zero-order valence-electron chi connectivity index (χ0n) is 12.9. The first-order valence-electron chi connectivity index (χ1n) is 7.68. The lowest BCUT2D eigenvalue weighted by atomic mass is 10.1. The van der Waals surface area contributed by atoms with Crippen molar-refractivity contribution in [3.05, 3.63) is 28.8 Å². The summed E-state index contributed by atoms with van der Waals surface area (Å²) in [6.07, 6.45) is 2.43. The van der Waals surface area contributed by atoms with E-state index in [2.05, 4.69) is 11.4 Å². The maximum Gasteiger partial charge on any atom is 0.240 e. The monoisotopic (exact) mass is 352 g/mol. The normalized spacial score (nSPS) is 15.3. The van der Waals surface area contributed by atoms with Gasteiger partial charge in [0.25, 0.3) is 0 Å². The number of nitriles is 1. The molecule has 5 nitrogen and oxygen atoms in total. The summed E-state index contributed by atoms with van der Waals surface area (Å²) in [7, 11) is 0. The number of anilines is 1. The van der Waals surface area contributed by atoms with Crippen molar-refractivity contribution in [2.75, 3.05) is 30.0 Å². The second-order valence-electron chi connectivity index (χ2n) is 5.44. The van der Waals surface area contributed by atoms with Crippen molar-refractivity contribution in [3.8, 4) is 6.07 Å². The van der Waals surface area contributed by atoms with E-state index < -0.39 is 6.04 Å². The van der Waals surface area contributed by atoms with Gasteiger partial charge in [-0.3, -0.25) is 4.79 Å². The summed E-state index contributed by atoms with van der Waals surface area (Å²) in [5.74, 6) is 1.83. The van der Waals surface area contributed by atoms with Gasteiger partial charge >= 0.3 is 0 Å². The average molecular weight is 353 g/mol. The number of carbonyl (C=O) groups is 1. The fraction of sp³-hybridized carbons (Fsp3) is 0.500. The molecule has 0 bridgehead atoms. The van der Waals surface area contributed by atoms with Crippen molar-refractivity contribution in [2.24, 2.45) is 5.73 Å². The van der Waals surface area contributed by atoms with E-state index in [4.69, 9.17) is 22.6 Å². The maximum atomic E-state index is 12.1. The lowest BCUT2D eigenvalue weighted by molar-refractivity contribution is -0.131. The van der Waals surface area contributed by atoms with Crippen LogP contribution >= 0.6 is 23.4 Å². The first-order valence-corrected chi connectivity index (χ1v) is 9.21.